The highest BCUT2D eigenvalue weighted by Gasteiger charge is 2.69. The third-order valence-electron chi connectivity index (χ3n) is 8.07. The summed E-state index contributed by atoms with van der Waals surface area (Å²) in [5.74, 6) is 0.389. The first-order chi connectivity index (χ1) is 19.2. The first kappa shape index (κ1) is 31.4. The minimum Gasteiger partial charge on any atom is -0.471 e. The highest BCUT2D eigenvalue weighted by Crippen LogP contribution is 2.59. The smallest absolute Gasteiger partial charge is 0.471 e. The van der Waals surface area contributed by atoms with Gasteiger partial charge in [-0.25, -0.2) is 9.38 Å². The van der Waals surface area contributed by atoms with Gasteiger partial charge in [0.15, 0.2) is 5.90 Å². The maximum Gasteiger partial charge on any atom is 0.494 e. The maximum atomic E-state index is 15.2. The van der Waals surface area contributed by atoms with Gasteiger partial charge in [0.05, 0.1) is 0 Å². The average Bonchev–Trinajstić information content (AvgIpc) is 3.20. The summed E-state index contributed by atoms with van der Waals surface area (Å²) in [5, 5.41) is 0. The molecule has 0 amide bonds. The topological polar surface area (TPSA) is 47.9 Å². The first-order valence-corrected chi connectivity index (χ1v) is 15.7. The molecular formula is C34H42FNO3PS+. The number of ether oxygens (including phenoxy) is 1. The zero-order chi connectivity index (χ0) is 30.1. The zero-order valence-electron chi connectivity index (χ0n) is 25.4. The van der Waals surface area contributed by atoms with Crippen LogP contribution in [0.3, 0.4) is 0 Å². The van der Waals surface area contributed by atoms with E-state index in [1.165, 1.54) is 5.56 Å². The van der Waals surface area contributed by atoms with Gasteiger partial charge in [-0.15, -0.1) is 4.52 Å². The Labute approximate surface area is 250 Å². The van der Waals surface area contributed by atoms with E-state index in [0.29, 0.717) is 24.3 Å². The standard InChI is InChI=1S/C34H42FNO3PS/c1-23-10-9-11-27(20-23)41-28-16-17-29(30(35)21-28)26-14-12-25(13-15-26)18-19-33(22-38-40-37)34(31(3,4)5,32(6,7)8)39-24(2)36-33/h9-17,20-21,40H,18-19,22H2,1-8H3/q+1. The normalized spacial score (nSPS) is 18.8. The summed E-state index contributed by atoms with van der Waals surface area (Å²) in [6, 6.07) is 21.7. The molecule has 3 aromatic rings. The van der Waals surface area contributed by atoms with Gasteiger partial charge in [-0.3, -0.25) is 0 Å². The molecule has 0 spiro atoms. The van der Waals surface area contributed by atoms with Gasteiger partial charge in [0, 0.05) is 33.1 Å². The van der Waals surface area contributed by atoms with Crippen LogP contribution in [0, 0.1) is 23.6 Å². The number of nitrogens with zero attached hydrogens (tertiary/aromatic N) is 1. The Kier molecular flexibility index (Phi) is 9.18. The van der Waals surface area contributed by atoms with Gasteiger partial charge in [0.2, 0.25) is 0 Å². The largest absolute Gasteiger partial charge is 0.494 e. The average molecular weight is 595 g/mol. The molecule has 0 fully saturated rings. The summed E-state index contributed by atoms with van der Waals surface area (Å²) in [5.41, 5.74) is 1.73. The molecule has 4 rings (SSSR count). The van der Waals surface area contributed by atoms with Crippen molar-refractivity contribution in [1.29, 1.82) is 0 Å². The van der Waals surface area contributed by atoms with Crippen molar-refractivity contribution in [2.75, 3.05) is 6.61 Å². The van der Waals surface area contributed by atoms with E-state index in [9.17, 15) is 4.57 Å². The van der Waals surface area contributed by atoms with Gasteiger partial charge in [-0.2, -0.15) is 0 Å². The monoisotopic (exact) mass is 594 g/mol. The van der Waals surface area contributed by atoms with Gasteiger partial charge < -0.3 is 4.74 Å². The molecule has 0 saturated heterocycles. The zero-order valence-corrected chi connectivity index (χ0v) is 27.2. The molecule has 0 saturated carbocycles. The number of rotatable bonds is 9. The Morgan fingerprint density at radius 1 is 0.927 bits per heavy atom. The summed E-state index contributed by atoms with van der Waals surface area (Å²) in [6.45, 7) is 17.2. The molecule has 0 N–H and O–H groups in total. The molecule has 7 heteroatoms. The summed E-state index contributed by atoms with van der Waals surface area (Å²) in [6.07, 6.45) is 1.37. The fourth-order valence-corrected chi connectivity index (χ4v) is 8.20. The highest BCUT2D eigenvalue weighted by molar-refractivity contribution is 7.99. The van der Waals surface area contributed by atoms with Crippen LogP contribution in [0.1, 0.15) is 66.0 Å². The summed E-state index contributed by atoms with van der Waals surface area (Å²) in [7, 11) is -0.870. The molecule has 41 heavy (non-hydrogen) atoms. The predicted octanol–water partition coefficient (Wildman–Crippen LogP) is 9.86. The SMILES string of the molecule is CC1=NC(CCc2ccc(-c3ccc(Sc4cccc(C)c4)cc3F)cc2)(CO[PH+]=O)C(C(C)(C)C)(C(C)(C)C)O1. The number of halogens is 1. The minimum atomic E-state index is -0.870. The maximum absolute atomic E-state index is 15.2. The van der Waals surface area contributed by atoms with Gasteiger partial charge in [-0.1, -0.05) is 101 Å². The fourth-order valence-electron chi connectivity index (χ4n) is 6.94. The molecule has 1 aliphatic rings. The van der Waals surface area contributed by atoms with E-state index in [1.54, 1.807) is 17.8 Å². The summed E-state index contributed by atoms with van der Waals surface area (Å²) >= 11 is 1.56. The van der Waals surface area contributed by atoms with E-state index < -0.39 is 19.8 Å². The van der Waals surface area contributed by atoms with E-state index in [1.807, 2.05) is 43.3 Å². The van der Waals surface area contributed by atoms with Crippen LogP contribution in [0.2, 0.25) is 0 Å². The molecule has 0 aromatic heterocycles. The molecule has 0 bridgehead atoms. The molecule has 2 unspecified atom stereocenters. The second-order valence-corrected chi connectivity index (χ2v) is 14.7. The predicted molar refractivity (Wildman–Crippen MR) is 169 cm³/mol. The lowest BCUT2D eigenvalue weighted by Gasteiger charge is -2.57. The van der Waals surface area contributed by atoms with Crippen LogP contribution >= 0.6 is 20.4 Å². The molecule has 0 aliphatic carbocycles. The Bertz CT molecular complexity index is 1410. The number of aliphatic imine (C=N–C) groups is 1. The highest BCUT2D eigenvalue weighted by atomic mass is 32.2. The van der Waals surface area contributed by atoms with Crippen molar-refractivity contribution in [2.24, 2.45) is 15.8 Å². The molecule has 1 aliphatic heterocycles. The van der Waals surface area contributed by atoms with Crippen molar-refractivity contribution in [3.05, 3.63) is 83.7 Å². The van der Waals surface area contributed by atoms with Crippen molar-refractivity contribution < 1.29 is 18.2 Å². The van der Waals surface area contributed by atoms with Gasteiger partial charge in [0.1, 0.15) is 23.6 Å². The Morgan fingerprint density at radius 2 is 1.59 bits per heavy atom. The van der Waals surface area contributed by atoms with E-state index in [4.69, 9.17) is 14.3 Å². The quantitative estimate of drug-likeness (QED) is 0.231. The number of benzene rings is 3. The van der Waals surface area contributed by atoms with Crippen LogP contribution in [-0.2, 0) is 20.2 Å². The molecule has 2 atom stereocenters. The van der Waals surface area contributed by atoms with Crippen molar-refractivity contribution in [3.63, 3.8) is 0 Å². The Morgan fingerprint density at radius 3 is 2.17 bits per heavy atom. The van der Waals surface area contributed by atoms with E-state index in [-0.39, 0.29) is 23.3 Å². The van der Waals surface area contributed by atoms with Crippen LogP contribution in [-0.4, -0.2) is 23.6 Å². The van der Waals surface area contributed by atoms with Crippen molar-refractivity contribution in [1.82, 2.24) is 0 Å². The minimum absolute atomic E-state index is 0.205. The number of hydrogen-bond donors (Lipinski definition) is 0. The third kappa shape index (κ3) is 6.30. The Hall–Kier alpha value is -2.53. The van der Waals surface area contributed by atoms with Crippen molar-refractivity contribution in [2.45, 2.75) is 89.2 Å². The molecule has 0 radical (unpaired) electrons. The van der Waals surface area contributed by atoms with Crippen molar-refractivity contribution >= 4 is 26.3 Å². The van der Waals surface area contributed by atoms with Crippen LogP contribution < -0.4 is 0 Å². The third-order valence-corrected chi connectivity index (χ3v) is 9.31. The lowest BCUT2D eigenvalue weighted by molar-refractivity contribution is -0.165. The van der Waals surface area contributed by atoms with Gasteiger partial charge in [0.25, 0.3) is 0 Å². The summed E-state index contributed by atoms with van der Waals surface area (Å²) in [4.78, 5) is 7.03. The molecule has 3 aromatic carbocycles. The van der Waals surface area contributed by atoms with Gasteiger partial charge >= 0.3 is 8.69 Å². The molecule has 218 valence electrons. The number of hydrogen-bond acceptors (Lipinski definition) is 5. The van der Waals surface area contributed by atoms with Crippen LogP contribution in [0.15, 0.2) is 81.5 Å². The fraction of sp³-hybridized carbons (Fsp3) is 0.441. The van der Waals surface area contributed by atoms with Crippen LogP contribution in [0.4, 0.5) is 4.39 Å². The second kappa shape index (κ2) is 12.0. The molecule has 1 heterocycles. The lowest BCUT2D eigenvalue weighted by Crippen LogP contribution is -2.68. The van der Waals surface area contributed by atoms with Crippen LogP contribution in [0.5, 0.6) is 0 Å². The van der Waals surface area contributed by atoms with E-state index in [0.717, 1.165) is 20.9 Å². The first-order valence-electron chi connectivity index (χ1n) is 14.1. The van der Waals surface area contributed by atoms with Gasteiger partial charge in [-0.05, 0) is 59.7 Å². The van der Waals surface area contributed by atoms with Crippen molar-refractivity contribution in [3.8, 4) is 11.1 Å². The van der Waals surface area contributed by atoms with E-state index in [2.05, 4.69) is 72.7 Å². The van der Waals surface area contributed by atoms with Crippen LogP contribution in [0.25, 0.3) is 11.1 Å². The van der Waals surface area contributed by atoms with E-state index >= 15 is 4.39 Å². The molecule has 4 nitrogen and oxygen atoms in total. The Balaban J connectivity index is 1.57. The summed E-state index contributed by atoms with van der Waals surface area (Å²) < 4.78 is 38.9. The second-order valence-electron chi connectivity index (χ2n) is 13.1. The molecular weight excluding hydrogens is 552 g/mol. The lowest BCUT2D eigenvalue weighted by atomic mass is 9.53. The number of aryl methyl sites for hydroxylation is 2.